The summed E-state index contributed by atoms with van der Waals surface area (Å²) in [5.41, 5.74) is 0. The molecular weight excluding hydrogens is 256 g/mol. The Morgan fingerprint density at radius 2 is 1.94 bits per heavy atom. The summed E-state index contributed by atoms with van der Waals surface area (Å²) in [5, 5.41) is 2.99. The smallest absolute Gasteiger partial charge is 0.263 e. The molecule has 0 amide bonds. The molecule has 0 aromatic heterocycles. The van der Waals surface area contributed by atoms with Gasteiger partial charge in [0, 0.05) is 6.54 Å². The van der Waals surface area contributed by atoms with Gasteiger partial charge in [-0.25, -0.2) is 8.42 Å². The highest BCUT2D eigenvalue weighted by molar-refractivity contribution is 7.91. The molecule has 0 spiro atoms. The van der Waals surface area contributed by atoms with Gasteiger partial charge in [0.15, 0.2) is 5.11 Å². The van der Waals surface area contributed by atoms with E-state index in [9.17, 15) is 8.42 Å². The lowest BCUT2D eigenvalue weighted by Gasteiger charge is -2.10. The highest BCUT2D eigenvalue weighted by atomic mass is 32.2. The van der Waals surface area contributed by atoms with Crippen molar-refractivity contribution < 1.29 is 8.42 Å². The number of sulfonamides is 1. The SMILES string of the molecule is CCCCNC(=S)NS(=O)(=O)c1ccccc1. The van der Waals surface area contributed by atoms with Crippen molar-refractivity contribution in [2.75, 3.05) is 6.54 Å². The first-order valence-corrected chi connectivity index (χ1v) is 7.31. The molecule has 0 saturated carbocycles. The second kappa shape index (κ2) is 6.56. The fourth-order valence-electron chi connectivity index (χ4n) is 1.20. The molecule has 0 bridgehead atoms. The van der Waals surface area contributed by atoms with E-state index in [0.717, 1.165) is 12.8 Å². The molecule has 1 rings (SSSR count). The van der Waals surface area contributed by atoms with Gasteiger partial charge in [0.05, 0.1) is 4.90 Å². The van der Waals surface area contributed by atoms with Crippen LogP contribution < -0.4 is 10.0 Å². The van der Waals surface area contributed by atoms with E-state index in [-0.39, 0.29) is 10.0 Å². The molecule has 0 radical (unpaired) electrons. The van der Waals surface area contributed by atoms with Gasteiger partial charge in [-0.1, -0.05) is 31.5 Å². The molecule has 2 N–H and O–H groups in total. The Morgan fingerprint density at radius 1 is 1.29 bits per heavy atom. The molecule has 4 nitrogen and oxygen atoms in total. The Kier molecular flexibility index (Phi) is 5.37. The van der Waals surface area contributed by atoms with Crippen LogP contribution in [0.15, 0.2) is 35.2 Å². The molecule has 0 unspecified atom stereocenters. The molecule has 0 aliphatic heterocycles. The average molecular weight is 272 g/mol. The van der Waals surface area contributed by atoms with Crippen LogP contribution >= 0.6 is 12.2 Å². The molecule has 1 aromatic carbocycles. The molecule has 0 aliphatic rings. The topological polar surface area (TPSA) is 58.2 Å². The van der Waals surface area contributed by atoms with E-state index < -0.39 is 10.0 Å². The quantitative estimate of drug-likeness (QED) is 0.632. The molecule has 1 aromatic rings. The maximum Gasteiger partial charge on any atom is 0.263 e. The van der Waals surface area contributed by atoms with Gasteiger partial charge in [-0.2, -0.15) is 0 Å². The van der Waals surface area contributed by atoms with Crippen molar-refractivity contribution in [1.29, 1.82) is 0 Å². The van der Waals surface area contributed by atoms with E-state index in [4.69, 9.17) is 12.2 Å². The minimum absolute atomic E-state index is 0.141. The normalized spacial score (nSPS) is 10.9. The second-order valence-corrected chi connectivity index (χ2v) is 5.62. The fraction of sp³-hybridized carbons (Fsp3) is 0.364. The number of benzene rings is 1. The van der Waals surface area contributed by atoms with E-state index in [2.05, 4.69) is 17.0 Å². The van der Waals surface area contributed by atoms with Crippen molar-refractivity contribution in [1.82, 2.24) is 10.0 Å². The number of nitrogens with one attached hydrogen (secondary N) is 2. The Hall–Kier alpha value is -1.14. The van der Waals surface area contributed by atoms with E-state index in [0.29, 0.717) is 6.54 Å². The fourth-order valence-corrected chi connectivity index (χ4v) is 2.58. The largest absolute Gasteiger partial charge is 0.362 e. The summed E-state index contributed by atoms with van der Waals surface area (Å²) in [6.45, 7) is 2.73. The summed E-state index contributed by atoms with van der Waals surface area (Å²) in [6.07, 6.45) is 1.98. The van der Waals surface area contributed by atoms with Gasteiger partial charge in [0.2, 0.25) is 0 Å². The van der Waals surface area contributed by atoms with Crippen LogP contribution in [0.25, 0.3) is 0 Å². The molecule has 6 heteroatoms. The zero-order valence-corrected chi connectivity index (χ0v) is 11.3. The first-order chi connectivity index (χ1) is 8.06. The number of hydrogen-bond donors (Lipinski definition) is 2. The van der Waals surface area contributed by atoms with Gasteiger partial charge in [-0.05, 0) is 30.8 Å². The van der Waals surface area contributed by atoms with Crippen LogP contribution in [0.2, 0.25) is 0 Å². The average Bonchev–Trinajstić information content (AvgIpc) is 2.30. The van der Waals surface area contributed by atoms with E-state index in [1.807, 2.05) is 0 Å². The standard InChI is InChI=1S/C11H16N2O2S2/c1-2-3-9-12-11(16)13-17(14,15)10-7-5-4-6-8-10/h4-8H,2-3,9H2,1H3,(H2,12,13,16). The van der Waals surface area contributed by atoms with Crippen molar-refractivity contribution in [2.24, 2.45) is 0 Å². The van der Waals surface area contributed by atoms with Gasteiger partial charge >= 0.3 is 0 Å². The summed E-state index contributed by atoms with van der Waals surface area (Å²) in [5.74, 6) is 0. The maximum atomic E-state index is 11.8. The van der Waals surface area contributed by atoms with Crippen LogP contribution in [0.4, 0.5) is 0 Å². The first kappa shape index (κ1) is 13.9. The van der Waals surface area contributed by atoms with E-state index >= 15 is 0 Å². The Labute approximate surface area is 107 Å². The molecule has 0 heterocycles. The first-order valence-electron chi connectivity index (χ1n) is 5.42. The van der Waals surface area contributed by atoms with Crippen LogP contribution in [-0.4, -0.2) is 20.1 Å². The molecule has 0 fully saturated rings. The number of rotatable bonds is 5. The minimum atomic E-state index is -3.55. The van der Waals surface area contributed by atoms with Crippen LogP contribution in [-0.2, 0) is 10.0 Å². The number of thiocarbonyl (C=S) groups is 1. The maximum absolute atomic E-state index is 11.8. The van der Waals surface area contributed by atoms with E-state index in [1.54, 1.807) is 18.2 Å². The van der Waals surface area contributed by atoms with Gasteiger partial charge in [-0.3, -0.25) is 4.72 Å². The third kappa shape index (κ3) is 4.70. The minimum Gasteiger partial charge on any atom is -0.362 e. The Bertz CT molecular complexity index is 458. The highest BCUT2D eigenvalue weighted by Gasteiger charge is 2.14. The second-order valence-electron chi connectivity index (χ2n) is 3.53. The Balaban J connectivity index is 2.59. The lowest BCUT2D eigenvalue weighted by Crippen LogP contribution is -2.39. The van der Waals surface area contributed by atoms with Gasteiger partial charge in [0.1, 0.15) is 0 Å². The van der Waals surface area contributed by atoms with E-state index in [1.165, 1.54) is 12.1 Å². The zero-order valence-electron chi connectivity index (χ0n) is 9.64. The van der Waals surface area contributed by atoms with Crippen LogP contribution in [0.1, 0.15) is 19.8 Å². The van der Waals surface area contributed by atoms with Crippen LogP contribution in [0.3, 0.4) is 0 Å². The lowest BCUT2D eigenvalue weighted by molar-refractivity contribution is 0.592. The molecule has 94 valence electrons. The van der Waals surface area contributed by atoms with Crippen molar-refractivity contribution in [3.63, 3.8) is 0 Å². The Morgan fingerprint density at radius 3 is 2.53 bits per heavy atom. The van der Waals surface area contributed by atoms with Gasteiger partial charge in [0.25, 0.3) is 10.0 Å². The lowest BCUT2D eigenvalue weighted by atomic mass is 10.3. The monoisotopic (exact) mass is 272 g/mol. The van der Waals surface area contributed by atoms with Crippen molar-refractivity contribution in [3.8, 4) is 0 Å². The molecule has 0 atom stereocenters. The van der Waals surface area contributed by atoms with Gasteiger partial charge in [-0.15, -0.1) is 0 Å². The molecular formula is C11H16N2O2S2. The van der Waals surface area contributed by atoms with Crippen molar-refractivity contribution >= 4 is 27.4 Å². The summed E-state index contributed by atoms with van der Waals surface area (Å²) in [4.78, 5) is 0.208. The summed E-state index contributed by atoms with van der Waals surface area (Å²) in [6, 6.07) is 8.15. The van der Waals surface area contributed by atoms with Crippen LogP contribution in [0, 0.1) is 0 Å². The number of unbranched alkanes of at least 4 members (excludes halogenated alkanes) is 1. The van der Waals surface area contributed by atoms with Gasteiger partial charge < -0.3 is 5.32 Å². The predicted molar refractivity (Wildman–Crippen MR) is 72.3 cm³/mol. The summed E-state index contributed by atoms with van der Waals surface area (Å²) in [7, 11) is -3.55. The third-order valence-electron chi connectivity index (χ3n) is 2.10. The predicted octanol–water partition coefficient (Wildman–Crippen LogP) is 1.64. The molecule has 0 saturated heterocycles. The number of hydrogen-bond acceptors (Lipinski definition) is 3. The zero-order chi connectivity index (χ0) is 12.7. The van der Waals surface area contributed by atoms with Crippen molar-refractivity contribution in [2.45, 2.75) is 24.7 Å². The van der Waals surface area contributed by atoms with Crippen molar-refractivity contribution in [3.05, 3.63) is 30.3 Å². The van der Waals surface area contributed by atoms with Crippen LogP contribution in [0.5, 0.6) is 0 Å². The molecule has 17 heavy (non-hydrogen) atoms. The summed E-state index contributed by atoms with van der Waals surface area (Å²) >= 11 is 4.91. The third-order valence-corrected chi connectivity index (χ3v) is 3.84. The summed E-state index contributed by atoms with van der Waals surface area (Å²) < 4.78 is 26.0. The highest BCUT2D eigenvalue weighted by Crippen LogP contribution is 2.06. The molecule has 0 aliphatic carbocycles.